The molecule has 9 N–H and O–H groups in total. The van der Waals surface area contributed by atoms with E-state index in [1.807, 2.05) is 0 Å². The number of aliphatic hydroxyl groups is 5. The Morgan fingerprint density at radius 3 is 2.31 bits per heavy atom. The third kappa shape index (κ3) is 3.87. The van der Waals surface area contributed by atoms with Crippen molar-refractivity contribution in [1.82, 2.24) is 0 Å². The van der Waals surface area contributed by atoms with Crippen molar-refractivity contribution in [1.29, 1.82) is 0 Å². The Morgan fingerprint density at radius 1 is 0.875 bits per heavy atom. The van der Waals surface area contributed by atoms with E-state index in [0.717, 1.165) is 6.07 Å². The number of benzene rings is 2. The minimum Gasteiger partial charge on any atom is -0.571 e. The molecule has 11 nitrogen and oxygen atoms in total. The van der Waals surface area contributed by atoms with Crippen molar-refractivity contribution in [3.63, 3.8) is 0 Å². The lowest BCUT2D eigenvalue weighted by atomic mass is 9.98. The van der Waals surface area contributed by atoms with Gasteiger partial charge in [-0.2, -0.15) is 0 Å². The Balaban J connectivity index is 1.74. The van der Waals surface area contributed by atoms with Gasteiger partial charge in [0.2, 0.25) is 6.29 Å². The number of hydrogen-bond acceptors (Lipinski definition) is 10. The van der Waals surface area contributed by atoms with Gasteiger partial charge in [0, 0.05) is 12.1 Å². The van der Waals surface area contributed by atoms with Gasteiger partial charge in [-0.15, -0.1) is 0 Å². The van der Waals surface area contributed by atoms with Crippen molar-refractivity contribution in [2.75, 3.05) is 6.61 Å². The monoisotopic (exact) mass is 451 g/mol. The molecular formula is C21H23O11+. The van der Waals surface area contributed by atoms with E-state index in [1.165, 1.54) is 30.3 Å². The number of hydrogen-bond donors (Lipinski definition) is 8. The first-order valence-electron chi connectivity index (χ1n) is 9.67. The normalized spacial score (nSPS) is 29.6. The number of fused-ring (bicyclic) bond motifs is 1. The van der Waals surface area contributed by atoms with Crippen LogP contribution in [0.4, 0.5) is 0 Å². The zero-order chi connectivity index (χ0) is 23.2. The fourth-order valence-corrected chi connectivity index (χ4v) is 3.63. The second-order valence-corrected chi connectivity index (χ2v) is 7.54. The first-order chi connectivity index (χ1) is 15.2. The van der Waals surface area contributed by atoms with E-state index in [9.17, 15) is 40.9 Å². The molecule has 1 saturated heterocycles. The van der Waals surface area contributed by atoms with E-state index in [2.05, 4.69) is 4.74 Å². The largest absolute Gasteiger partial charge is 0.571 e. The van der Waals surface area contributed by atoms with Crippen molar-refractivity contribution in [2.24, 2.45) is 0 Å². The van der Waals surface area contributed by atoms with E-state index in [1.54, 1.807) is 0 Å². The maximum Gasteiger partial charge on any atom is 0.270 e. The summed E-state index contributed by atoms with van der Waals surface area (Å²) in [5.74, 6) is -1.08. The molecule has 0 aliphatic carbocycles. The Morgan fingerprint density at radius 2 is 1.62 bits per heavy atom. The van der Waals surface area contributed by atoms with Crippen LogP contribution in [-0.4, -0.2) is 82.9 Å². The fraction of sp³-hybridized carbons (Fsp3) is 0.333. The van der Waals surface area contributed by atoms with Gasteiger partial charge in [0.05, 0.1) is 18.2 Å². The molecular weight excluding hydrogens is 428 g/mol. The molecule has 172 valence electrons. The number of ether oxygens (including phenoxy) is 3. The molecule has 2 aromatic rings. The van der Waals surface area contributed by atoms with Gasteiger partial charge < -0.3 is 55.1 Å². The Labute approximate surface area is 181 Å². The van der Waals surface area contributed by atoms with Gasteiger partial charge in [-0.3, -0.25) is 0 Å². The number of phenolic OH excluding ortho intramolecular Hbond substituents is 4. The van der Waals surface area contributed by atoms with Crippen LogP contribution < -0.4 is 0 Å². The maximum absolute atomic E-state index is 10.3. The standard InChI is InChI=1S/C21H22O11/c22-7-16-17(27)18(28)19(29)21(32-16)31-15-6-10-12(25)4-9(23)5-14(10)30-20(15)8-1-2-11(24)13(26)3-8/h1-6,16-29H,7H2/p+1/t16-,17-,18+,19-,20?,21?/m1/s1. The number of phenols is 4. The highest BCUT2D eigenvalue weighted by molar-refractivity contribution is 5.69. The third-order valence-electron chi connectivity index (χ3n) is 5.36. The van der Waals surface area contributed by atoms with E-state index >= 15 is 0 Å². The molecule has 0 spiro atoms. The van der Waals surface area contributed by atoms with E-state index < -0.39 is 49.2 Å². The number of aromatic hydroxyl groups is 5. The topological polar surface area (TPSA) is 193 Å². The summed E-state index contributed by atoms with van der Waals surface area (Å²) in [6.07, 6.45) is -7.22. The molecule has 32 heavy (non-hydrogen) atoms. The second-order valence-electron chi connectivity index (χ2n) is 7.54. The minimum absolute atomic E-state index is 0.0212. The van der Waals surface area contributed by atoms with Gasteiger partial charge in [0.15, 0.2) is 17.3 Å². The molecule has 2 aliphatic rings. The average molecular weight is 451 g/mol. The van der Waals surface area contributed by atoms with Gasteiger partial charge >= 0.3 is 0 Å². The summed E-state index contributed by atoms with van der Waals surface area (Å²) in [6, 6.07) is 6.34. The summed E-state index contributed by atoms with van der Waals surface area (Å²) in [4.78, 5) is 0. The molecule has 4 rings (SSSR count). The highest BCUT2D eigenvalue weighted by Crippen LogP contribution is 2.46. The molecule has 0 saturated carbocycles. The molecule has 0 bridgehead atoms. The molecule has 11 heteroatoms. The van der Waals surface area contributed by atoms with Crippen LogP contribution in [0, 0.1) is 0 Å². The predicted molar refractivity (Wildman–Crippen MR) is 107 cm³/mol. The van der Waals surface area contributed by atoms with Crippen LogP contribution >= 0.6 is 0 Å². The molecule has 2 heterocycles. The molecule has 6 atom stereocenters. The van der Waals surface area contributed by atoms with Crippen molar-refractivity contribution in [3.05, 3.63) is 47.2 Å². The fourth-order valence-electron chi connectivity index (χ4n) is 3.63. The third-order valence-corrected chi connectivity index (χ3v) is 5.36. The molecule has 2 aliphatic heterocycles. The van der Waals surface area contributed by atoms with Crippen molar-refractivity contribution in [3.8, 4) is 28.7 Å². The molecule has 2 aromatic carbocycles. The molecule has 1 fully saturated rings. The van der Waals surface area contributed by atoms with E-state index in [4.69, 9.17) is 9.47 Å². The lowest BCUT2D eigenvalue weighted by Gasteiger charge is -2.40. The van der Waals surface area contributed by atoms with E-state index in [-0.39, 0.29) is 34.3 Å². The first-order valence-corrected chi connectivity index (χ1v) is 9.67. The maximum atomic E-state index is 10.3. The highest BCUT2D eigenvalue weighted by atomic mass is 16.7. The van der Waals surface area contributed by atoms with Crippen LogP contribution in [0.3, 0.4) is 0 Å². The quantitative estimate of drug-likeness (QED) is 0.225. The number of aliphatic hydroxyl groups excluding tert-OH is 4. The smallest absolute Gasteiger partial charge is 0.270 e. The van der Waals surface area contributed by atoms with Crippen molar-refractivity contribution in [2.45, 2.75) is 36.8 Å². The zero-order valence-corrected chi connectivity index (χ0v) is 16.5. The van der Waals surface area contributed by atoms with Crippen LogP contribution in [-0.2, 0) is 9.47 Å². The second kappa shape index (κ2) is 8.37. The van der Waals surface area contributed by atoms with Gasteiger partial charge in [0.1, 0.15) is 41.5 Å². The zero-order valence-electron chi connectivity index (χ0n) is 16.5. The Bertz CT molecular complexity index is 1030. The van der Waals surface area contributed by atoms with Gasteiger partial charge in [-0.05, 0) is 18.2 Å². The molecule has 2 unspecified atom stereocenters. The minimum atomic E-state index is -1.68. The van der Waals surface area contributed by atoms with Gasteiger partial charge in [-0.25, -0.2) is 0 Å². The SMILES string of the molecule is OC[C@H]1OC(OC2=Cc3c(O)cc(O)cc3[OH+]C2c2ccc(O)c(O)c2)[C@H](O)[C@@H](O)[C@@H]1O. The van der Waals surface area contributed by atoms with E-state index in [0.29, 0.717) is 5.56 Å². The summed E-state index contributed by atoms with van der Waals surface area (Å²) in [7, 11) is 0. The van der Waals surface area contributed by atoms with Crippen LogP contribution in [0.5, 0.6) is 28.7 Å². The predicted octanol–water partition coefficient (Wildman–Crippen LogP) is -0.337. The van der Waals surface area contributed by atoms with Crippen LogP contribution in [0.25, 0.3) is 6.08 Å². The summed E-state index contributed by atoms with van der Waals surface area (Å²) in [5.41, 5.74) is 0.547. The molecule has 0 radical (unpaired) electrons. The Hall–Kier alpha value is -3.22. The summed E-state index contributed by atoms with van der Waals surface area (Å²) < 4.78 is 15.6. The first kappa shape index (κ1) is 22.0. The van der Waals surface area contributed by atoms with Gasteiger partial charge in [-0.1, -0.05) is 0 Å². The van der Waals surface area contributed by atoms with Gasteiger partial charge in [0.25, 0.3) is 11.9 Å². The number of rotatable bonds is 4. The molecule has 0 aromatic heterocycles. The highest BCUT2D eigenvalue weighted by Gasteiger charge is 2.46. The van der Waals surface area contributed by atoms with Crippen LogP contribution in [0.15, 0.2) is 36.1 Å². The van der Waals surface area contributed by atoms with Crippen LogP contribution in [0.2, 0.25) is 0 Å². The summed E-state index contributed by atoms with van der Waals surface area (Å²) >= 11 is 0. The lowest BCUT2D eigenvalue weighted by molar-refractivity contribution is -0.295. The summed E-state index contributed by atoms with van der Waals surface area (Å²) in [6.45, 7) is -0.646. The lowest BCUT2D eigenvalue weighted by Crippen LogP contribution is -2.59. The van der Waals surface area contributed by atoms with Crippen molar-refractivity contribution < 1.29 is 55.1 Å². The Kier molecular flexibility index (Phi) is 5.75. The van der Waals surface area contributed by atoms with Crippen LogP contribution in [0.1, 0.15) is 17.2 Å². The molecule has 0 amide bonds. The van der Waals surface area contributed by atoms with Crippen molar-refractivity contribution >= 4 is 6.08 Å². The average Bonchev–Trinajstić information content (AvgIpc) is 2.76. The summed E-state index contributed by atoms with van der Waals surface area (Å²) in [5, 5.41) is 79.3.